The topological polar surface area (TPSA) is 42.4 Å². The van der Waals surface area contributed by atoms with Crippen LogP contribution in [0.2, 0.25) is 0 Å². The third-order valence-electron chi connectivity index (χ3n) is 3.58. The molecule has 21 heavy (non-hydrogen) atoms. The van der Waals surface area contributed by atoms with Gasteiger partial charge in [-0.3, -0.25) is 4.98 Å². The summed E-state index contributed by atoms with van der Waals surface area (Å²) in [7, 11) is 0. The minimum absolute atomic E-state index is 0.0499. The van der Waals surface area contributed by atoms with Crippen LogP contribution in [0.25, 0.3) is 0 Å². The third kappa shape index (κ3) is 4.69. The molecule has 2 heterocycles. The molecule has 4 nitrogen and oxygen atoms in total. The molecule has 1 aliphatic rings. The Labute approximate surface area is 125 Å². The number of rotatable bonds is 2. The van der Waals surface area contributed by atoms with Gasteiger partial charge in [0.05, 0.1) is 6.54 Å². The Morgan fingerprint density at radius 1 is 1.43 bits per heavy atom. The van der Waals surface area contributed by atoms with E-state index in [2.05, 4.69) is 4.98 Å². The van der Waals surface area contributed by atoms with Crippen molar-refractivity contribution in [2.45, 2.75) is 45.4 Å². The van der Waals surface area contributed by atoms with E-state index in [1.165, 1.54) is 4.90 Å². The van der Waals surface area contributed by atoms with Gasteiger partial charge in [0.1, 0.15) is 11.8 Å². The van der Waals surface area contributed by atoms with E-state index < -0.39 is 17.9 Å². The minimum Gasteiger partial charge on any atom is -0.444 e. The summed E-state index contributed by atoms with van der Waals surface area (Å²) in [5, 5.41) is 0. The first-order valence-corrected chi connectivity index (χ1v) is 7.36. The average molecular weight is 294 g/mol. The summed E-state index contributed by atoms with van der Waals surface area (Å²) in [4.78, 5) is 17.4. The summed E-state index contributed by atoms with van der Waals surface area (Å²) < 4.78 is 19.6. The fourth-order valence-corrected chi connectivity index (χ4v) is 2.50. The van der Waals surface area contributed by atoms with Gasteiger partial charge in [-0.2, -0.15) is 0 Å². The average Bonchev–Trinajstić information content (AvgIpc) is 2.40. The van der Waals surface area contributed by atoms with Gasteiger partial charge in [0.25, 0.3) is 0 Å². The number of ether oxygens (including phenoxy) is 1. The van der Waals surface area contributed by atoms with Crippen molar-refractivity contribution < 1.29 is 13.9 Å². The molecule has 0 aromatic carbocycles. The Morgan fingerprint density at radius 2 is 2.10 bits per heavy atom. The number of alkyl halides is 1. The van der Waals surface area contributed by atoms with E-state index in [4.69, 9.17) is 4.74 Å². The molecule has 1 amide bonds. The fraction of sp³-hybridized carbons (Fsp3) is 0.625. The van der Waals surface area contributed by atoms with Gasteiger partial charge in [-0.25, -0.2) is 9.18 Å². The largest absolute Gasteiger partial charge is 0.444 e. The molecular weight excluding hydrogens is 271 g/mol. The molecule has 1 aliphatic heterocycles. The molecule has 0 spiro atoms. The highest BCUT2D eigenvalue weighted by Gasteiger charge is 2.33. The van der Waals surface area contributed by atoms with E-state index in [1.54, 1.807) is 12.4 Å². The van der Waals surface area contributed by atoms with Crippen LogP contribution in [0.4, 0.5) is 9.18 Å². The first-order valence-electron chi connectivity index (χ1n) is 7.36. The molecule has 2 atom stereocenters. The predicted octanol–water partition coefficient (Wildman–Crippen LogP) is 3.22. The lowest BCUT2D eigenvalue weighted by molar-refractivity contribution is 0.00552. The van der Waals surface area contributed by atoms with Crippen LogP contribution in [0.3, 0.4) is 0 Å². The quantitative estimate of drug-likeness (QED) is 0.841. The lowest BCUT2D eigenvalue weighted by Gasteiger charge is -2.35. The van der Waals surface area contributed by atoms with E-state index >= 15 is 0 Å². The number of aromatic nitrogens is 1. The molecule has 0 bridgehead atoms. The zero-order chi connectivity index (χ0) is 15.5. The van der Waals surface area contributed by atoms with Gasteiger partial charge in [0.2, 0.25) is 0 Å². The first kappa shape index (κ1) is 15.7. The van der Waals surface area contributed by atoms with Gasteiger partial charge in [-0.05, 0) is 57.2 Å². The van der Waals surface area contributed by atoms with Crippen molar-refractivity contribution >= 4 is 6.09 Å². The van der Waals surface area contributed by atoms with Gasteiger partial charge in [0, 0.05) is 18.9 Å². The number of halogens is 1. The zero-order valence-electron chi connectivity index (χ0n) is 12.9. The van der Waals surface area contributed by atoms with Crippen molar-refractivity contribution in [3.63, 3.8) is 0 Å². The molecule has 0 radical (unpaired) electrons. The second kappa shape index (κ2) is 6.41. The van der Waals surface area contributed by atoms with E-state index in [9.17, 15) is 9.18 Å². The van der Waals surface area contributed by atoms with Gasteiger partial charge in [-0.15, -0.1) is 0 Å². The third-order valence-corrected chi connectivity index (χ3v) is 3.58. The van der Waals surface area contributed by atoms with Crippen LogP contribution in [-0.4, -0.2) is 40.8 Å². The molecule has 1 fully saturated rings. The van der Waals surface area contributed by atoms with Crippen LogP contribution in [0.5, 0.6) is 0 Å². The molecule has 2 rings (SSSR count). The predicted molar refractivity (Wildman–Crippen MR) is 78.8 cm³/mol. The van der Waals surface area contributed by atoms with Gasteiger partial charge < -0.3 is 9.64 Å². The molecule has 5 heteroatoms. The maximum atomic E-state index is 14.3. The Bertz CT molecular complexity index is 473. The summed E-state index contributed by atoms with van der Waals surface area (Å²) in [6, 6.07) is 3.82. The summed E-state index contributed by atoms with van der Waals surface area (Å²) in [5.41, 5.74) is 0.542. The molecule has 0 unspecified atom stereocenters. The Morgan fingerprint density at radius 3 is 2.67 bits per heavy atom. The van der Waals surface area contributed by atoms with Crippen LogP contribution in [0.1, 0.15) is 32.8 Å². The van der Waals surface area contributed by atoms with Crippen LogP contribution < -0.4 is 0 Å². The fourth-order valence-electron chi connectivity index (χ4n) is 2.50. The first-order chi connectivity index (χ1) is 9.85. The number of likely N-dealkylation sites (tertiary alicyclic amines) is 1. The van der Waals surface area contributed by atoms with Gasteiger partial charge in [-0.1, -0.05) is 0 Å². The highest BCUT2D eigenvalue weighted by atomic mass is 19.1. The van der Waals surface area contributed by atoms with Crippen LogP contribution >= 0.6 is 0 Å². The molecule has 1 aromatic heterocycles. The minimum atomic E-state index is -1.01. The Hall–Kier alpha value is -1.65. The maximum absolute atomic E-state index is 14.3. The van der Waals surface area contributed by atoms with Crippen molar-refractivity contribution in [3.8, 4) is 0 Å². The molecule has 1 aromatic rings. The molecule has 0 saturated carbocycles. The number of nitrogens with zero attached hydrogens (tertiary/aromatic N) is 2. The number of carbonyl (C=O) groups excluding carboxylic acids is 1. The van der Waals surface area contributed by atoms with Crippen LogP contribution in [0.15, 0.2) is 24.5 Å². The summed E-state index contributed by atoms with van der Waals surface area (Å²) in [6.45, 7) is 6.10. The number of hydrogen-bond acceptors (Lipinski definition) is 3. The summed E-state index contributed by atoms with van der Waals surface area (Å²) in [6.07, 6.45) is 3.35. The number of carbonyl (C=O) groups is 1. The second-order valence-electron chi connectivity index (χ2n) is 6.55. The second-order valence-corrected chi connectivity index (χ2v) is 6.55. The van der Waals surface area contributed by atoms with Crippen LogP contribution in [0, 0.1) is 5.92 Å². The smallest absolute Gasteiger partial charge is 0.410 e. The van der Waals surface area contributed by atoms with Crippen molar-refractivity contribution in [1.82, 2.24) is 9.88 Å². The van der Waals surface area contributed by atoms with E-state index in [-0.39, 0.29) is 12.5 Å². The lowest BCUT2D eigenvalue weighted by atomic mass is 9.89. The highest BCUT2D eigenvalue weighted by Crippen LogP contribution is 2.25. The molecule has 1 saturated heterocycles. The van der Waals surface area contributed by atoms with Crippen LogP contribution in [-0.2, 0) is 11.2 Å². The van der Waals surface area contributed by atoms with Gasteiger partial charge >= 0.3 is 6.09 Å². The number of piperidine rings is 1. The molecule has 0 N–H and O–H groups in total. The number of pyridine rings is 1. The van der Waals surface area contributed by atoms with Crippen molar-refractivity contribution in [2.24, 2.45) is 5.92 Å². The highest BCUT2D eigenvalue weighted by molar-refractivity contribution is 5.68. The SMILES string of the molecule is CC(C)(C)OC(=O)N1CC[C@H](Cc2ccncc2)[C@H](F)C1. The van der Waals surface area contributed by atoms with Crippen molar-refractivity contribution in [2.75, 3.05) is 13.1 Å². The Balaban J connectivity index is 1.89. The summed E-state index contributed by atoms with van der Waals surface area (Å²) >= 11 is 0. The number of amides is 1. The standard InChI is InChI=1S/C16H23FN2O2/c1-16(2,3)21-15(20)19-9-6-13(14(17)11-19)10-12-4-7-18-8-5-12/h4-5,7-8,13-14H,6,9-11H2,1-3H3/t13-,14-/m1/s1. The zero-order valence-corrected chi connectivity index (χ0v) is 12.9. The Kier molecular flexibility index (Phi) is 4.80. The van der Waals surface area contributed by atoms with Crippen molar-refractivity contribution in [3.05, 3.63) is 30.1 Å². The molecule has 0 aliphatic carbocycles. The normalized spacial score (nSPS) is 23.0. The van der Waals surface area contributed by atoms with Gasteiger partial charge in [0.15, 0.2) is 0 Å². The van der Waals surface area contributed by atoms with E-state index in [0.717, 1.165) is 5.56 Å². The van der Waals surface area contributed by atoms with Crippen molar-refractivity contribution in [1.29, 1.82) is 0 Å². The van der Waals surface area contributed by atoms with E-state index in [0.29, 0.717) is 19.4 Å². The lowest BCUT2D eigenvalue weighted by Crippen LogP contribution is -2.47. The monoisotopic (exact) mass is 294 g/mol. The molecular formula is C16H23FN2O2. The molecule has 116 valence electrons. The number of hydrogen-bond donors (Lipinski definition) is 0. The van der Waals surface area contributed by atoms with E-state index in [1.807, 2.05) is 32.9 Å². The maximum Gasteiger partial charge on any atom is 0.410 e. The summed E-state index contributed by atoms with van der Waals surface area (Å²) in [5.74, 6) is -0.0499.